The number of urea groups is 1. The Morgan fingerprint density at radius 2 is 2.10 bits per heavy atom. The number of carbonyl (C=O) groups is 2. The largest absolute Gasteiger partial charge is 0.478 e. The SMILES string of the molecule is Cc1ccncc1NC(=O)NCc1cccc(C(=O)O)c1. The summed E-state index contributed by atoms with van der Waals surface area (Å²) in [6.45, 7) is 2.11. The van der Waals surface area contributed by atoms with Crippen molar-refractivity contribution in [2.45, 2.75) is 13.5 Å². The molecule has 0 saturated carbocycles. The van der Waals surface area contributed by atoms with Crippen LogP contribution >= 0.6 is 0 Å². The molecule has 2 amide bonds. The lowest BCUT2D eigenvalue weighted by Gasteiger charge is -2.09. The van der Waals surface area contributed by atoms with Crippen molar-refractivity contribution in [2.24, 2.45) is 0 Å². The molecule has 108 valence electrons. The molecule has 0 atom stereocenters. The zero-order chi connectivity index (χ0) is 15.2. The van der Waals surface area contributed by atoms with Gasteiger partial charge in [-0.15, -0.1) is 0 Å². The number of carboxylic acid groups (broad SMARTS) is 1. The summed E-state index contributed by atoms with van der Waals surface area (Å²) >= 11 is 0. The fourth-order valence-electron chi connectivity index (χ4n) is 1.76. The molecule has 0 radical (unpaired) electrons. The lowest BCUT2D eigenvalue weighted by Crippen LogP contribution is -2.28. The molecule has 1 aromatic heterocycles. The Labute approximate surface area is 121 Å². The molecular weight excluding hydrogens is 270 g/mol. The van der Waals surface area contributed by atoms with E-state index in [1.807, 2.05) is 6.92 Å². The highest BCUT2D eigenvalue weighted by Crippen LogP contribution is 2.11. The molecule has 0 fully saturated rings. The lowest BCUT2D eigenvalue weighted by molar-refractivity contribution is 0.0696. The number of amides is 2. The average molecular weight is 285 g/mol. The van der Waals surface area contributed by atoms with Gasteiger partial charge in [-0.05, 0) is 36.2 Å². The van der Waals surface area contributed by atoms with Crippen molar-refractivity contribution >= 4 is 17.7 Å². The number of benzene rings is 1. The van der Waals surface area contributed by atoms with Gasteiger partial charge in [0.15, 0.2) is 0 Å². The number of rotatable bonds is 4. The predicted molar refractivity (Wildman–Crippen MR) is 78.2 cm³/mol. The summed E-state index contributed by atoms with van der Waals surface area (Å²) in [6, 6.07) is 7.85. The first-order valence-electron chi connectivity index (χ1n) is 6.34. The van der Waals surface area contributed by atoms with E-state index < -0.39 is 5.97 Å². The van der Waals surface area contributed by atoms with Crippen molar-refractivity contribution < 1.29 is 14.7 Å². The van der Waals surface area contributed by atoms with Crippen LogP contribution in [0.1, 0.15) is 21.5 Å². The zero-order valence-electron chi connectivity index (χ0n) is 11.5. The monoisotopic (exact) mass is 285 g/mol. The molecular formula is C15H15N3O3. The van der Waals surface area contributed by atoms with Crippen molar-refractivity contribution in [3.63, 3.8) is 0 Å². The van der Waals surface area contributed by atoms with Gasteiger partial charge in [0.2, 0.25) is 0 Å². The molecule has 1 aromatic carbocycles. The normalized spacial score (nSPS) is 9.95. The Kier molecular flexibility index (Phi) is 4.50. The number of nitrogens with one attached hydrogen (secondary N) is 2. The van der Waals surface area contributed by atoms with Gasteiger partial charge in [-0.25, -0.2) is 9.59 Å². The molecule has 0 bridgehead atoms. The second-order valence-electron chi connectivity index (χ2n) is 4.50. The first-order valence-corrected chi connectivity index (χ1v) is 6.34. The number of anilines is 1. The number of aromatic carboxylic acids is 1. The van der Waals surface area contributed by atoms with E-state index in [2.05, 4.69) is 15.6 Å². The molecule has 0 spiro atoms. The molecule has 0 unspecified atom stereocenters. The highest BCUT2D eigenvalue weighted by atomic mass is 16.4. The summed E-state index contributed by atoms with van der Waals surface area (Å²) < 4.78 is 0. The van der Waals surface area contributed by atoms with Gasteiger partial charge in [0.25, 0.3) is 0 Å². The number of hydrogen-bond acceptors (Lipinski definition) is 3. The highest BCUT2D eigenvalue weighted by Gasteiger charge is 2.06. The molecule has 0 saturated heterocycles. The Hall–Kier alpha value is -2.89. The second kappa shape index (κ2) is 6.51. The van der Waals surface area contributed by atoms with Gasteiger partial charge in [0.05, 0.1) is 17.4 Å². The van der Waals surface area contributed by atoms with Crippen LogP contribution in [-0.2, 0) is 6.54 Å². The molecule has 2 aromatic rings. The molecule has 3 N–H and O–H groups in total. The summed E-state index contributed by atoms with van der Waals surface area (Å²) in [7, 11) is 0. The number of hydrogen-bond donors (Lipinski definition) is 3. The minimum absolute atomic E-state index is 0.192. The quantitative estimate of drug-likeness (QED) is 0.804. The first-order chi connectivity index (χ1) is 10.1. The second-order valence-corrected chi connectivity index (χ2v) is 4.50. The van der Waals surface area contributed by atoms with Gasteiger partial charge in [-0.2, -0.15) is 0 Å². The van der Waals surface area contributed by atoms with E-state index in [4.69, 9.17) is 5.11 Å². The van der Waals surface area contributed by atoms with Crippen LogP contribution in [0.5, 0.6) is 0 Å². The molecule has 0 aliphatic heterocycles. The summed E-state index contributed by atoms with van der Waals surface area (Å²) in [4.78, 5) is 26.6. The number of nitrogens with zero attached hydrogens (tertiary/aromatic N) is 1. The van der Waals surface area contributed by atoms with Gasteiger partial charge in [-0.1, -0.05) is 12.1 Å². The van der Waals surface area contributed by atoms with Gasteiger partial charge in [-0.3, -0.25) is 4.98 Å². The minimum Gasteiger partial charge on any atom is -0.478 e. The fraction of sp³-hybridized carbons (Fsp3) is 0.133. The zero-order valence-corrected chi connectivity index (χ0v) is 11.5. The molecule has 1 heterocycles. The van der Waals surface area contributed by atoms with Crippen molar-refractivity contribution in [3.05, 3.63) is 59.4 Å². The van der Waals surface area contributed by atoms with Crippen LogP contribution in [0.2, 0.25) is 0 Å². The number of pyridine rings is 1. The van der Waals surface area contributed by atoms with Crippen molar-refractivity contribution in [1.82, 2.24) is 10.3 Å². The maximum Gasteiger partial charge on any atom is 0.335 e. The number of aromatic nitrogens is 1. The lowest BCUT2D eigenvalue weighted by atomic mass is 10.1. The molecule has 2 rings (SSSR count). The number of aryl methyl sites for hydroxylation is 1. The molecule has 0 aliphatic carbocycles. The molecule has 21 heavy (non-hydrogen) atoms. The van der Waals surface area contributed by atoms with Crippen molar-refractivity contribution in [1.29, 1.82) is 0 Å². The fourth-order valence-corrected chi connectivity index (χ4v) is 1.76. The predicted octanol–water partition coefficient (Wildman–Crippen LogP) is 2.41. The van der Waals surface area contributed by atoms with E-state index in [-0.39, 0.29) is 18.1 Å². The van der Waals surface area contributed by atoms with E-state index in [9.17, 15) is 9.59 Å². The maximum atomic E-state index is 11.8. The maximum absolute atomic E-state index is 11.8. The third kappa shape index (κ3) is 4.04. The number of carbonyl (C=O) groups excluding carboxylic acids is 1. The van der Waals surface area contributed by atoms with E-state index in [1.165, 1.54) is 12.1 Å². The average Bonchev–Trinajstić information content (AvgIpc) is 2.48. The standard InChI is InChI=1S/C15H15N3O3/c1-10-5-6-16-9-13(10)18-15(21)17-8-11-3-2-4-12(7-11)14(19)20/h2-7,9H,8H2,1H3,(H,19,20)(H2,17,18,21). The van der Waals surface area contributed by atoms with Crippen LogP contribution < -0.4 is 10.6 Å². The van der Waals surface area contributed by atoms with Gasteiger partial charge in [0.1, 0.15) is 0 Å². The van der Waals surface area contributed by atoms with Crippen LogP contribution in [0.4, 0.5) is 10.5 Å². The Morgan fingerprint density at radius 3 is 2.81 bits per heavy atom. The van der Waals surface area contributed by atoms with Crippen LogP contribution in [0.15, 0.2) is 42.7 Å². The van der Waals surface area contributed by atoms with Gasteiger partial charge in [0, 0.05) is 12.7 Å². The molecule has 0 aliphatic rings. The van der Waals surface area contributed by atoms with E-state index in [0.29, 0.717) is 11.3 Å². The Balaban J connectivity index is 1.94. The minimum atomic E-state index is -0.993. The first kappa shape index (κ1) is 14.5. The van der Waals surface area contributed by atoms with E-state index >= 15 is 0 Å². The van der Waals surface area contributed by atoms with Crippen LogP contribution in [0.25, 0.3) is 0 Å². The van der Waals surface area contributed by atoms with Crippen LogP contribution in [-0.4, -0.2) is 22.1 Å². The van der Waals surface area contributed by atoms with Crippen LogP contribution in [0.3, 0.4) is 0 Å². The number of carboxylic acids is 1. The van der Waals surface area contributed by atoms with E-state index in [1.54, 1.807) is 30.6 Å². The summed E-state index contributed by atoms with van der Waals surface area (Å²) in [5.41, 5.74) is 2.45. The third-order valence-electron chi connectivity index (χ3n) is 2.91. The topological polar surface area (TPSA) is 91.3 Å². The Morgan fingerprint density at radius 1 is 1.29 bits per heavy atom. The summed E-state index contributed by atoms with van der Waals surface area (Å²) in [5, 5.41) is 14.3. The van der Waals surface area contributed by atoms with Gasteiger partial charge >= 0.3 is 12.0 Å². The van der Waals surface area contributed by atoms with Crippen molar-refractivity contribution in [3.8, 4) is 0 Å². The van der Waals surface area contributed by atoms with E-state index in [0.717, 1.165) is 5.56 Å². The highest BCUT2D eigenvalue weighted by molar-refractivity contribution is 5.90. The Bertz CT molecular complexity index is 671. The summed E-state index contributed by atoms with van der Waals surface area (Å²) in [6.07, 6.45) is 3.22. The molecule has 6 nitrogen and oxygen atoms in total. The molecule has 6 heteroatoms. The smallest absolute Gasteiger partial charge is 0.335 e. The van der Waals surface area contributed by atoms with Gasteiger partial charge < -0.3 is 15.7 Å². The van der Waals surface area contributed by atoms with Crippen LogP contribution in [0, 0.1) is 6.92 Å². The van der Waals surface area contributed by atoms with Crippen molar-refractivity contribution in [2.75, 3.05) is 5.32 Å². The third-order valence-corrected chi connectivity index (χ3v) is 2.91. The summed E-state index contributed by atoms with van der Waals surface area (Å²) in [5.74, 6) is -0.993.